The summed E-state index contributed by atoms with van der Waals surface area (Å²) in [5.41, 5.74) is 10.3. The molecule has 7 heteroatoms. The Balaban J connectivity index is 2.15. The number of aromatic nitrogens is 1. The summed E-state index contributed by atoms with van der Waals surface area (Å²) in [6.45, 7) is 0. The van der Waals surface area contributed by atoms with Crippen LogP contribution in [0.5, 0.6) is 5.75 Å². The predicted molar refractivity (Wildman–Crippen MR) is 93.9 cm³/mol. The van der Waals surface area contributed by atoms with E-state index in [9.17, 15) is 4.79 Å². The Morgan fingerprint density at radius 1 is 1.17 bits per heavy atom. The number of rotatable bonds is 4. The van der Waals surface area contributed by atoms with Crippen LogP contribution in [0.1, 0.15) is 0 Å². The minimum atomic E-state index is -0.700. The van der Waals surface area contributed by atoms with E-state index in [0.29, 0.717) is 4.80 Å². The molecule has 0 aliphatic carbocycles. The minimum absolute atomic E-state index is 0.616. The molecule has 0 aliphatic heterocycles. The number of amides is 2. The number of urea groups is 1. The molecule has 0 aliphatic rings. The van der Waals surface area contributed by atoms with E-state index in [-0.39, 0.29) is 0 Å². The summed E-state index contributed by atoms with van der Waals surface area (Å²) < 4.78 is 7.17. The number of hydrogen-bond donors (Lipinski definition) is 2. The Morgan fingerprint density at radius 2 is 1.88 bits per heavy atom. The zero-order chi connectivity index (χ0) is 16.9. The van der Waals surface area contributed by atoms with Crippen LogP contribution in [0.2, 0.25) is 0 Å². The van der Waals surface area contributed by atoms with Gasteiger partial charge in [0.2, 0.25) is 4.80 Å². The molecule has 0 atom stereocenters. The molecule has 3 aromatic rings. The van der Waals surface area contributed by atoms with E-state index in [1.54, 1.807) is 7.11 Å². The summed E-state index contributed by atoms with van der Waals surface area (Å²) in [6, 6.07) is 16.9. The Kier molecular flexibility index (Phi) is 4.62. The third kappa shape index (κ3) is 3.31. The van der Waals surface area contributed by atoms with E-state index < -0.39 is 6.03 Å². The van der Waals surface area contributed by atoms with Gasteiger partial charge in [0.1, 0.15) is 5.75 Å². The number of nitrogens with zero attached hydrogens (tertiary/aromatic N) is 2. The third-order valence-electron chi connectivity index (χ3n) is 3.37. The van der Waals surface area contributed by atoms with E-state index in [1.807, 2.05) is 64.5 Å². The highest BCUT2D eigenvalue weighted by molar-refractivity contribution is 7.07. The highest BCUT2D eigenvalue weighted by Crippen LogP contribution is 2.25. The standard InChI is InChI=1S/C17H16N4O2S/c1-23-14-9-7-12(8-10-14)15-11-24-17(20-19-16(18)22)21(15)13-5-3-2-4-6-13/h2-11H,1H3,(H3,18,19,22)/b20-17+. The maximum Gasteiger partial charge on any atom is 0.332 e. The van der Waals surface area contributed by atoms with Crippen LogP contribution in [0, 0.1) is 0 Å². The van der Waals surface area contributed by atoms with Crippen molar-refractivity contribution >= 4 is 17.4 Å². The molecule has 0 spiro atoms. The van der Waals surface area contributed by atoms with Gasteiger partial charge in [0.05, 0.1) is 12.8 Å². The van der Waals surface area contributed by atoms with Crippen LogP contribution in [-0.2, 0) is 0 Å². The summed E-state index contributed by atoms with van der Waals surface area (Å²) in [7, 11) is 1.64. The number of carbonyl (C=O) groups is 1. The van der Waals surface area contributed by atoms with E-state index in [4.69, 9.17) is 10.5 Å². The fourth-order valence-electron chi connectivity index (χ4n) is 2.28. The average Bonchev–Trinajstić information content (AvgIpc) is 3.04. The second kappa shape index (κ2) is 7.01. The van der Waals surface area contributed by atoms with Crippen molar-refractivity contribution in [3.05, 3.63) is 64.8 Å². The van der Waals surface area contributed by atoms with Crippen molar-refractivity contribution in [2.45, 2.75) is 0 Å². The number of para-hydroxylation sites is 1. The van der Waals surface area contributed by atoms with Gasteiger partial charge in [-0.15, -0.1) is 16.4 Å². The summed E-state index contributed by atoms with van der Waals surface area (Å²) in [5.74, 6) is 0.792. The molecule has 3 rings (SSSR count). The number of methoxy groups -OCH3 is 1. The first-order valence-corrected chi connectivity index (χ1v) is 8.06. The molecule has 0 saturated carbocycles. The average molecular weight is 340 g/mol. The monoisotopic (exact) mass is 340 g/mol. The first-order valence-electron chi connectivity index (χ1n) is 7.18. The molecule has 0 bridgehead atoms. The van der Waals surface area contributed by atoms with Crippen molar-refractivity contribution in [2.75, 3.05) is 7.11 Å². The number of benzene rings is 2. The summed E-state index contributed by atoms with van der Waals surface area (Å²) in [5, 5.41) is 6.08. The van der Waals surface area contributed by atoms with Gasteiger partial charge >= 0.3 is 6.03 Å². The molecular weight excluding hydrogens is 324 g/mol. The van der Waals surface area contributed by atoms with Crippen molar-refractivity contribution in [3.63, 3.8) is 0 Å². The number of hydrogen-bond acceptors (Lipinski definition) is 4. The first kappa shape index (κ1) is 15.8. The quantitative estimate of drug-likeness (QED) is 0.716. The SMILES string of the molecule is COc1ccc(-c2cs/c(=N/NC(N)=O)n2-c2ccccc2)cc1. The van der Waals surface area contributed by atoms with E-state index in [2.05, 4.69) is 10.5 Å². The lowest BCUT2D eigenvalue weighted by Gasteiger charge is -2.09. The Labute approximate surface area is 142 Å². The van der Waals surface area contributed by atoms with Crippen molar-refractivity contribution in [1.29, 1.82) is 0 Å². The van der Waals surface area contributed by atoms with E-state index in [0.717, 1.165) is 22.7 Å². The second-order valence-corrected chi connectivity index (χ2v) is 5.73. The molecular formula is C17H16N4O2S. The van der Waals surface area contributed by atoms with Crippen molar-refractivity contribution in [3.8, 4) is 22.7 Å². The van der Waals surface area contributed by atoms with Gasteiger partial charge in [0.25, 0.3) is 0 Å². The smallest absolute Gasteiger partial charge is 0.332 e. The Bertz CT molecular complexity index is 898. The van der Waals surface area contributed by atoms with Gasteiger partial charge in [-0.3, -0.25) is 4.57 Å². The molecule has 6 nitrogen and oxygen atoms in total. The lowest BCUT2D eigenvalue weighted by atomic mass is 10.1. The molecule has 0 unspecified atom stereocenters. The largest absolute Gasteiger partial charge is 0.497 e. The van der Waals surface area contributed by atoms with Gasteiger partial charge in [0, 0.05) is 11.1 Å². The molecule has 24 heavy (non-hydrogen) atoms. The van der Waals surface area contributed by atoms with Gasteiger partial charge in [-0.05, 0) is 42.0 Å². The Morgan fingerprint density at radius 3 is 2.50 bits per heavy atom. The van der Waals surface area contributed by atoms with Crippen LogP contribution in [0.25, 0.3) is 16.9 Å². The number of ether oxygens (including phenoxy) is 1. The zero-order valence-corrected chi connectivity index (χ0v) is 13.8. The molecule has 3 N–H and O–H groups in total. The maximum absolute atomic E-state index is 11.0. The van der Waals surface area contributed by atoms with Crippen LogP contribution >= 0.6 is 11.3 Å². The Hall–Kier alpha value is -3.06. The molecule has 0 saturated heterocycles. The lowest BCUT2D eigenvalue weighted by molar-refractivity contribution is 0.249. The van der Waals surface area contributed by atoms with Crippen molar-refractivity contribution < 1.29 is 9.53 Å². The van der Waals surface area contributed by atoms with Crippen molar-refractivity contribution in [2.24, 2.45) is 10.8 Å². The first-order chi connectivity index (χ1) is 11.7. The molecule has 2 amide bonds. The number of nitrogens with one attached hydrogen (secondary N) is 1. The predicted octanol–water partition coefficient (Wildman–Crippen LogP) is 2.70. The minimum Gasteiger partial charge on any atom is -0.497 e. The highest BCUT2D eigenvalue weighted by Gasteiger charge is 2.10. The molecule has 2 aromatic carbocycles. The van der Waals surface area contributed by atoms with Crippen LogP contribution in [0.15, 0.2) is 65.1 Å². The molecule has 0 fully saturated rings. The number of thiazole rings is 1. The van der Waals surface area contributed by atoms with Crippen molar-refractivity contribution in [1.82, 2.24) is 9.99 Å². The molecule has 0 radical (unpaired) electrons. The molecule has 1 aromatic heterocycles. The summed E-state index contributed by atoms with van der Waals surface area (Å²) >= 11 is 1.41. The summed E-state index contributed by atoms with van der Waals surface area (Å²) in [4.78, 5) is 11.6. The fourth-order valence-corrected chi connectivity index (χ4v) is 3.15. The molecule has 122 valence electrons. The topological polar surface area (TPSA) is 81.6 Å². The lowest BCUT2D eigenvalue weighted by Crippen LogP contribution is -2.28. The third-order valence-corrected chi connectivity index (χ3v) is 4.20. The maximum atomic E-state index is 11.0. The number of primary amides is 1. The van der Waals surface area contributed by atoms with Crippen LogP contribution in [0.3, 0.4) is 0 Å². The van der Waals surface area contributed by atoms with Gasteiger partial charge in [0.15, 0.2) is 0 Å². The number of carbonyl (C=O) groups excluding carboxylic acids is 1. The van der Waals surface area contributed by atoms with Gasteiger partial charge < -0.3 is 10.5 Å². The number of nitrogens with two attached hydrogens (primary N) is 1. The van der Waals surface area contributed by atoms with Crippen LogP contribution < -0.4 is 20.7 Å². The zero-order valence-electron chi connectivity index (χ0n) is 13.0. The second-order valence-electron chi connectivity index (χ2n) is 4.89. The fraction of sp³-hybridized carbons (Fsp3) is 0.0588. The van der Waals surface area contributed by atoms with Crippen LogP contribution in [-0.4, -0.2) is 17.7 Å². The normalized spacial score (nSPS) is 11.3. The van der Waals surface area contributed by atoms with E-state index >= 15 is 0 Å². The van der Waals surface area contributed by atoms with Crippen LogP contribution in [0.4, 0.5) is 4.79 Å². The highest BCUT2D eigenvalue weighted by atomic mass is 32.1. The van der Waals surface area contributed by atoms with Gasteiger partial charge in [-0.2, -0.15) is 0 Å². The molecule has 1 heterocycles. The van der Waals surface area contributed by atoms with E-state index in [1.165, 1.54) is 11.3 Å². The van der Waals surface area contributed by atoms with Gasteiger partial charge in [-0.25, -0.2) is 10.2 Å². The summed E-state index contributed by atoms with van der Waals surface area (Å²) in [6.07, 6.45) is 0. The van der Waals surface area contributed by atoms with Gasteiger partial charge in [-0.1, -0.05) is 18.2 Å².